The number of anilines is 2. The Morgan fingerprint density at radius 3 is 2.44 bits per heavy atom. The number of carbonyl (C=O) groups is 1. The molecule has 2 aliphatic heterocycles. The number of aromatic nitrogens is 1. The molecule has 0 spiro atoms. The van der Waals surface area contributed by atoms with Gasteiger partial charge in [-0.15, -0.1) is 11.3 Å². The maximum absolute atomic E-state index is 12.4. The number of likely N-dealkylation sites (tertiary alicyclic amines) is 1. The first kappa shape index (κ1) is 18.4. The van der Waals surface area contributed by atoms with E-state index >= 15 is 0 Å². The van der Waals surface area contributed by atoms with Gasteiger partial charge in [-0.1, -0.05) is 6.42 Å². The summed E-state index contributed by atoms with van der Waals surface area (Å²) in [6.45, 7) is 5.53. The van der Waals surface area contributed by atoms with Gasteiger partial charge in [-0.3, -0.25) is 9.69 Å². The van der Waals surface area contributed by atoms with Crippen molar-refractivity contribution < 1.29 is 4.79 Å². The molecule has 2 aliphatic rings. The topological polar surface area (TPSA) is 48.5 Å². The maximum atomic E-state index is 12.4. The number of amides is 1. The molecule has 4 rings (SSSR count). The van der Waals surface area contributed by atoms with E-state index < -0.39 is 0 Å². The van der Waals surface area contributed by atoms with Gasteiger partial charge >= 0.3 is 0 Å². The zero-order valence-corrected chi connectivity index (χ0v) is 16.6. The van der Waals surface area contributed by atoms with Crippen molar-refractivity contribution in [3.63, 3.8) is 0 Å². The first-order valence-electron chi connectivity index (χ1n) is 10.1. The number of thiazole rings is 1. The molecule has 0 aliphatic carbocycles. The third-order valence-corrected chi connectivity index (χ3v) is 6.25. The van der Waals surface area contributed by atoms with E-state index in [2.05, 4.69) is 32.2 Å². The molecule has 2 fully saturated rings. The van der Waals surface area contributed by atoms with Gasteiger partial charge in [-0.05, 0) is 63.0 Å². The largest absolute Gasteiger partial charge is 0.372 e. The average molecular weight is 385 g/mol. The second kappa shape index (κ2) is 8.85. The first-order chi connectivity index (χ1) is 13.3. The van der Waals surface area contributed by atoms with E-state index in [-0.39, 0.29) is 5.91 Å². The van der Waals surface area contributed by atoms with Gasteiger partial charge in [0.05, 0.1) is 18.7 Å². The lowest BCUT2D eigenvalue weighted by atomic mass is 10.1. The van der Waals surface area contributed by atoms with E-state index in [9.17, 15) is 4.79 Å². The zero-order valence-electron chi connectivity index (χ0n) is 15.8. The summed E-state index contributed by atoms with van der Waals surface area (Å²) in [4.78, 5) is 21.9. The summed E-state index contributed by atoms with van der Waals surface area (Å²) in [5.41, 5.74) is 2.97. The van der Waals surface area contributed by atoms with Gasteiger partial charge in [-0.2, -0.15) is 0 Å². The molecule has 0 atom stereocenters. The van der Waals surface area contributed by atoms with E-state index in [4.69, 9.17) is 0 Å². The van der Waals surface area contributed by atoms with Crippen LogP contribution in [0.1, 0.15) is 42.8 Å². The monoisotopic (exact) mass is 384 g/mol. The van der Waals surface area contributed by atoms with E-state index in [1.807, 2.05) is 17.5 Å². The van der Waals surface area contributed by atoms with Gasteiger partial charge < -0.3 is 10.2 Å². The number of benzene rings is 1. The second-order valence-electron chi connectivity index (χ2n) is 7.54. The van der Waals surface area contributed by atoms with Crippen LogP contribution in [0.2, 0.25) is 0 Å². The maximum Gasteiger partial charge on any atom is 0.230 e. The molecule has 1 amide bonds. The summed E-state index contributed by atoms with van der Waals surface area (Å²) in [5.74, 6) is -0.00116. The van der Waals surface area contributed by atoms with E-state index in [0.29, 0.717) is 6.42 Å². The third kappa shape index (κ3) is 5.08. The second-order valence-corrected chi connectivity index (χ2v) is 8.48. The predicted molar refractivity (Wildman–Crippen MR) is 111 cm³/mol. The van der Waals surface area contributed by atoms with Crippen LogP contribution < -0.4 is 10.2 Å². The molecule has 6 heteroatoms. The summed E-state index contributed by atoms with van der Waals surface area (Å²) in [7, 11) is 0. The third-order valence-electron chi connectivity index (χ3n) is 5.37. The predicted octanol–water partition coefficient (Wildman–Crippen LogP) is 3.91. The van der Waals surface area contributed by atoms with Gasteiger partial charge in [-0.25, -0.2) is 4.98 Å². The van der Waals surface area contributed by atoms with Crippen LogP contribution in [-0.4, -0.2) is 42.0 Å². The number of hydrogen-bond donors (Lipinski definition) is 1. The van der Waals surface area contributed by atoms with Crippen molar-refractivity contribution in [1.29, 1.82) is 0 Å². The van der Waals surface area contributed by atoms with E-state index in [0.717, 1.165) is 36.0 Å². The molecule has 0 bridgehead atoms. The molecule has 1 N–H and O–H groups in total. The minimum atomic E-state index is -0.00116. The van der Waals surface area contributed by atoms with Crippen LogP contribution in [0.5, 0.6) is 0 Å². The van der Waals surface area contributed by atoms with E-state index in [1.165, 1.54) is 50.9 Å². The zero-order chi connectivity index (χ0) is 18.5. The highest BCUT2D eigenvalue weighted by molar-refractivity contribution is 7.09. The van der Waals surface area contributed by atoms with Crippen molar-refractivity contribution in [1.82, 2.24) is 9.88 Å². The molecule has 0 saturated carbocycles. The molecule has 3 heterocycles. The van der Waals surface area contributed by atoms with Crippen molar-refractivity contribution in [2.75, 3.05) is 36.4 Å². The van der Waals surface area contributed by atoms with Gasteiger partial charge in [0.15, 0.2) is 0 Å². The molecular weight excluding hydrogens is 356 g/mol. The summed E-state index contributed by atoms with van der Waals surface area (Å²) in [6.07, 6.45) is 6.80. The Hall–Kier alpha value is -1.92. The molecule has 2 aromatic rings. The van der Waals surface area contributed by atoms with Crippen molar-refractivity contribution in [3.8, 4) is 0 Å². The van der Waals surface area contributed by atoms with Crippen LogP contribution in [0, 0.1) is 0 Å². The quantitative estimate of drug-likeness (QED) is 0.820. The molecule has 2 saturated heterocycles. The number of piperidine rings is 1. The van der Waals surface area contributed by atoms with Crippen LogP contribution in [0.4, 0.5) is 11.4 Å². The Balaban J connectivity index is 1.27. The normalized spacial score (nSPS) is 18.0. The molecule has 0 unspecified atom stereocenters. The number of rotatable bonds is 6. The Labute approximate surface area is 165 Å². The molecule has 5 nitrogen and oxygen atoms in total. The Bertz CT molecular complexity index is 746. The fraction of sp³-hybridized carbons (Fsp3) is 0.524. The summed E-state index contributed by atoms with van der Waals surface area (Å²) in [5, 5.41) is 6.14. The molecule has 27 heavy (non-hydrogen) atoms. The Kier molecular flexibility index (Phi) is 6.04. The minimum Gasteiger partial charge on any atom is -0.372 e. The summed E-state index contributed by atoms with van der Waals surface area (Å²) >= 11 is 1.67. The van der Waals surface area contributed by atoms with Crippen LogP contribution >= 0.6 is 11.3 Å². The highest BCUT2D eigenvalue weighted by Crippen LogP contribution is 2.22. The van der Waals surface area contributed by atoms with Gasteiger partial charge in [0.2, 0.25) is 5.91 Å². The fourth-order valence-electron chi connectivity index (χ4n) is 3.91. The first-order valence-corrected chi connectivity index (χ1v) is 10.9. The fourth-order valence-corrected chi connectivity index (χ4v) is 4.75. The van der Waals surface area contributed by atoms with Crippen LogP contribution in [0.3, 0.4) is 0 Å². The molecule has 144 valence electrons. The number of hydrogen-bond acceptors (Lipinski definition) is 5. The standard InChI is InChI=1S/C21H28N4OS/c26-20(22-17-6-8-19(9-7-17)25-12-4-5-13-25)14-18-16-27-21(23-18)15-24-10-2-1-3-11-24/h6-9,16H,1-5,10-15H2,(H,22,26). The molecule has 1 aromatic carbocycles. The lowest BCUT2D eigenvalue weighted by molar-refractivity contribution is -0.115. The van der Waals surface area contributed by atoms with Gasteiger partial charge in [0.1, 0.15) is 5.01 Å². The van der Waals surface area contributed by atoms with E-state index in [1.54, 1.807) is 11.3 Å². The van der Waals surface area contributed by atoms with Gasteiger partial charge in [0, 0.05) is 29.8 Å². The summed E-state index contributed by atoms with van der Waals surface area (Å²) < 4.78 is 0. The average Bonchev–Trinajstić information content (AvgIpc) is 3.36. The van der Waals surface area contributed by atoms with Crippen LogP contribution in [0.15, 0.2) is 29.6 Å². The lowest BCUT2D eigenvalue weighted by Gasteiger charge is -2.25. The van der Waals surface area contributed by atoms with Crippen LogP contribution in [-0.2, 0) is 17.8 Å². The Morgan fingerprint density at radius 2 is 1.70 bits per heavy atom. The smallest absolute Gasteiger partial charge is 0.230 e. The number of nitrogens with zero attached hydrogens (tertiary/aromatic N) is 3. The van der Waals surface area contributed by atoms with Crippen LogP contribution in [0.25, 0.3) is 0 Å². The SMILES string of the molecule is O=C(Cc1csc(CN2CCCCC2)n1)Nc1ccc(N2CCCC2)cc1. The molecule has 0 radical (unpaired) electrons. The highest BCUT2D eigenvalue weighted by atomic mass is 32.1. The Morgan fingerprint density at radius 1 is 1.00 bits per heavy atom. The lowest BCUT2D eigenvalue weighted by Crippen LogP contribution is -2.29. The highest BCUT2D eigenvalue weighted by Gasteiger charge is 2.14. The van der Waals surface area contributed by atoms with Gasteiger partial charge in [0.25, 0.3) is 0 Å². The minimum absolute atomic E-state index is 0.00116. The molecule has 1 aromatic heterocycles. The van der Waals surface area contributed by atoms with Crippen molar-refractivity contribution >= 4 is 28.6 Å². The van der Waals surface area contributed by atoms with Crippen molar-refractivity contribution in [2.45, 2.75) is 45.1 Å². The number of carbonyl (C=O) groups excluding carboxylic acids is 1. The van der Waals surface area contributed by atoms with Crippen molar-refractivity contribution in [3.05, 3.63) is 40.3 Å². The number of nitrogens with one attached hydrogen (secondary N) is 1. The molecular formula is C21H28N4OS. The summed E-state index contributed by atoms with van der Waals surface area (Å²) in [6, 6.07) is 8.18. The van der Waals surface area contributed by atoms with Crippen molar-refractivity contribution in [2.24, 2.45) is 0 Å².